The molecule has 2 rings (SSSR count). The number of aromatic nitrogens is 2. The van der Waals surface area contributed by atoms with Gasteiger partial charge in [-0.15, -0.1) is 0 Å². The summed E-state index contributed by atoms with van der Waals surface area (Å²) in [4.78, 5) is 6.22. The van der Waals surface area contributed by atoms with Crippen LogP contribution in [0.1, 0.15) is 0 Å². The molecule has 1 heterocycles. The van der Waals surface area contributed by atoms with E-state index in [1.165, 1.54) is 12.1 Å². The minimum Gasteiger partial charge on any atom is -0.210 e. The summed E-state index contributed by atoms with van der Waals surface area (Å²) in [5.41, 5.74) is 0.202. The van der Waals surface area contributed by atoms with Crippen molar-refractivity contribution in [3.63, 3.8) is 0 Å². The van der Waals surface area contributed by atoms with E-state index in [2.05, 4.69) is 9.97 Å². The van der Waals surface area contributed by atoms with E-state index in [1.807, 2.05) is 0 Å². The van der Waals surface area contributed by atoms with Crippen LogP contribution in [0.2, 0.25) is 15.1 Å². The van der Waals surface area contributed by atoms with E-state index in [9.17, 15) is 8.78 Å². The Bertz CT molecular complexity index is 590. The van der Waals surface area contributed by atoms with E-state index >= 15 is 0 Å². The summed E-state index contributed by atoms with van der Waals surface area (Å²) in [5, 5.41) is 0.395. The van der Waals surface area contributed by atoms with Crippen LogP contribution in [0.25, 0.3) is 11.1 Å². The Morgan fingerprint density at radius 2 is 1.65 bits per heavy atom. The molecule has 1 aromatic heterocycles. The Balaban J connectivity index is 2.65. The maximum atomic E-state index is 13.4. The molecular weight excluding hydrogens is 292 g/mol. The van der Waals surface area contributed by atoms with E-state index < -0.39 is 12.0 Å². The summed E-state index contributed by atoms with van der Waals surface area (Å²) in [6, 6.07) is 2.91. The molecule has 0 amide bonds. The van der Waals surface area contributed by atoms with Gasteiger partial charge in [-0.05, 0) is 6.07 Å². The van der Waals surface area contributed by atoms with Crippen molar-refractivity contribution in [3.8, 4) is 11.1 Å². The third-order valence-corrected chi connectivity index (χ3v) is 3.33. The van der Waals surface area contributed by atoms with Gasteiger partial charge in [0.25, 0.3) is 0 Å². The first-order chi connectivity index (χ1) is 8.00. The van der Waals surface area contributed by atoms with Crippen molar-refractivity contribution in [1.29, 1.82) is 0 Å². The van der Waals surface area contributed by atoms with Gasteiger partial charge in [-0.1, -0.05) is 40.9 Å². The van der Waals surface area contributed by atoms with Crippen LogP contribution in [0.5, 0.6) is 0 Å². The highest BCUT2D eigenvalue weighted by Crippen LogP contribution is 2.38. The van der Waals surface area contributed by atoms with Gasteiger partial charge in [0.05, 0.1) is 20.6 Å². The highest BCUT2D eigenvalue weighted by molar-refractivity contribution is 6.49. The number of benzene rings is 1. The second-order valence-corrected chi connectivity index (χ2v) is 4.23. The predicted molar refractivity (Wildman–Crippen MR) is 62.4 cm³/mol. The Morgan fingerprint density at radius 1 is 0.941 bits per heavy atom. The van der Waals surface area contributed by atoms with Crippen LogP contribution in [0, 0.1) is 12.0 Å². The molecule has 0 aliphatic carbocycles. The lowest BCUT2D eigenvalue weighted by Gasteiger charge is -2.07. The average Bonchev–Trinajstić information content (AvgIpc) is 2.28. The first kappa shape index (κ1) is 12.5. The fourth-order valence-corrected chi connectivity index (χ4v) is 1.89. The van der Waals surface area contributed by atoms with Crippen LogP contribution in [0.4, 0.5) is 8.78 Å². The number of hydrogen-bond donors (Lipinski definition) is 0. The molecule has 2 nitrogen and oxygen atoms in total. The normalized spacial score (nSPS) is 10.6. The third-order valence-electron chi connectivity index (χ3n) is 2.04. The minimum atomic E-state index is -1.15. The van der Waals surface area contributed by atoms with Crippen molar-refractivity contribution < 1.29 is 8.78 Å². The van der Waals surface area contributed by atoms with Gasteiger partial charge < -0.3 is 0 Å². The fraction of sp³-hybridized carbons (Fsp3) is 0. The quantitative estimate of drug-likeness (QED) is 0.443. The number of rotatable bonds is 1. The van der Waals surface area contributed by atoms with E-state index in [0.29, 0.717) is 0 Å². The highest BCUT2D eigenvalue weighted by Gasteiger charge is 2.15. The van der Waals surface area contributed by atoms with E-state index in [-0.39, 0.29) is 26.2 Å². The summed E-state index contributed by atoms with van der Waals surface area (Å²) < 4.78 is 26.0. The van der Waals surface area contributed by atoms with Crippen molar-refractivity contribution in [1.82, 2.24) is 9.97 Å². The molecule has 0 saturated heterocycles. The number of hydrogen-bond acceptors (Lipinski definition) is 2. The van der Waals surface area contributed by atoms with Gasteiger partial charge in [0.1, 0.15) is 0 Å². The first-order valence-electron chi connectivity index (χ1n) is 4.32. The van der Waals surface area contributed by atoms with Crippen molar-refractivity contribution in [3.05, 3.63) is 45.4 Å². The standard InChI is InChI=1S/C10H3Cl3F2N2/c11-6-2-1-4(7(12)8(6)13)5-3-16-10(15)17-9(5)14/h1-3H. The van der Waals surface area contributed by atoms with Gasteiger partial charge in [0, 0.05) is 11.8 Å². The van der Waals surface area contributed by atoms with Crippen molar-refractivity contribution in [2.45, 2.75) is 0 Å². The van der Waals surface area contributed by atoms with Gasteiger partial charge in [-0.3, -0.25) is 0 Å². The van der Waals surface area contributed by atoms with Crippen LogP contribution in [0.15, 0.2) is 18.3 Å². The third kappa shape index (κ3) is 2.34. The summed E-state index contributed by atoms with van der Waals surface area (Å²) >= 11 is 17.5. The number of nitrogens with zero attached hydrogens (tertiary/aromatic N) is 2. The molecule has 17 heavy (non-hydrogen) atoms. The topological polar surface area (TPSA) is 25.8 Å². The Hall–Kier alpha value is -0.970. The summed E-state index contributed by atoms with van der Waals surface area (Å²) in [6.45, 7) is 0. The predicted octanol–water partition coefficient (Wildman–Crippen LogP) is 4.38. The maximum absolute atomic E-state index is 13.4. The smallest absolute Gasteiger partial charge is 0.210 e. The van der Waals surface area contributed by atoms with E-state index in [4.69, 9.17) is 34.8 Å². The van der Waals surface area contributed by atoms with E-state index in [1.54, 1.807) is 0 Å². The number of halogens is 5. The highest BCUT2D eigenvalue weighted by atomic mass is 35.5. The molecule has 0 N–H and O–H groups in total. The summed E-state index contributed by atoms with van der Waals surface area (Å²) in [5.74, 6) is -1.02. The largest absolute Gasteiger partial charge is 0.311 e. The van der Waals surface area contributed by atoms with Crippen LogP contribution >= 0.6 is 34.8 Å². The van der Waals surface area contributed by atoms with Gasteiger partial charge in [0.15, 0.2) is 0 Å². The molecule has 0 aliphatic rings. The monoisotopic (exact) mass is 294 g/mol. The zero-order valence-corrected chi connectivity index (χ0v) is 10.3. The maximum Gasteiger partial charge on any atom is 0.311 e. The Morgan fingerprint density at radius 3 is 2.29 bits per heavy atom. The minimum absolute atomic E-state index is 0.0463. The molecule has 0 bridgehead atoms. The van der Waals surface area contributed by atoms with Crippen molar-refractivity contribution in [2.75, 3.05) is 0 Å². The van der Waals surface area contributed by atoms with Crippen LogP contribution in [0.3, 0.4) is 0 Å². The molecule has 7 heteroatoms. The van der Waals surface area contributed by atoms with Crippen LogP contribution in [-0.2, 0) is 0 Å². The first-order valence-corrected chi connectivity index (χ1v) is 5.46. The lowest BCUT2D eigenvalue weighted by Crippen LogP contribution is -1.96. The molecule has 0 atom stereocenters. The molecule has 0 aliphatic heterocycles. The molecule has 0 fully saturated rings. The van der Waals surface area contributed by atoms with Crippen LogP contribution in [-0.4, -0.2) is 9.97 Å². The zero-order chi connectivity index (χ0) is 12.6. The van der Waals surface area contributed by atoms with Gasteiger partial charge in [-0.25, -0.2) is 4.98 Å². The van der Waals surface area contributed by atoms with Gasteiger partial charge >= 0.3 is 6.08 Å². The molecule has 0 unspecified atom stereocenters. The van der Waals surface area contributed by atoms with Crippen molar-refractivity contribution in [2.24, 2.45) is 0 Å². The molecule has 0 radical (unpaired) electrons. The van der Waals surface area contributed by atoms with Crippen LogP contribution < -0.4 is 0 Å². The summed E-state index contributed by atoms with van der Waals surface area (Å²) in [6.07, 6.45) is -0.161. The lowest BCUT2D eigenvalue weighted by atomic mass is 10.1. The second kappa shape index (κ2) is 4.72. The molecule has 2 aromatic rings. The Labute approximate surface area is 110 Å². The van der Waals surface area contributed by atoms with Crippen molar-refractivity contribution >= 4 is 34.8 Å². The van der Waals surface area contributed by atoms with Gasteiger partial charge in [-0.2, -0.15) is 13.8 Å². The molecule has 1 aromatic carbocycles. The molecule has 0 spiro atoms. The second-order valence-electron chi connectivity index (χ2n) is 3.07. The Kier molecular flexibility index (Phi) is 3.47. The molecular formula is C10H3Cl3F2N2. The SMILES string of the molecule is Fc1ncc(-c2ccc(Cl)c(Cl)c2Cl)c(F)n1. The summed E-state index contributed by atoms with van der Waals surface area (Å²) in [7, 11) is 0. The molecule has 88 valence electrons. The average molecular weight is 296 g/mol. The zero-order valence-electron chi connectivity index (χ0n) is 8.02. The lowest BCUT2D eigenvalue weighted by molar-refractivity contribution is 0.485. The van der Waals surface area contributed by atoms with E-state index in [0.717, 1.165) is 6.20 Å². The van der Waals surface area contributed by atoms with Gasteiger partial charge in [0.2, 0.25) is 5.95 Å². The fourth-order valence-electron chi connectivity index (χ4n) is 1.26. The molecule has 0 saturated carbocycles.